The lowest BCUT2D eigenvalue weighted by Crippen LogP contribution is -2.13. The lowest BCUT2D eigenvalue weighted by molar-refractivity contribution is 0.196. The molecule has 2 aromatic carbocycles. The summed E-state index contributed by atoms with van der Waals surface area (Å²) in [6.45, 7) is 2.67. The van der Waals surface area contributed by atoms with Crippen LogP contribution in [0.3, 0.4) is 0 Å². The Hall–Kier alpha value is -1.51. The van der Waals surface area contributed by atoms with E-state index in [1.165, 1.54) is 5.56 Å². The predicted octanol–water partition coefficient (Wildman–Crippen LogP) is 4.52. The molecule has 2 nitrogen and oxygen atoms in total. The molecule has 110 valence electrons. The van der Waals surface area contributed by atoms with Gasteiger partial charge in [-0.05, 0) is 30.7 Å². The van der Waals surface area contributed by atoms with Gasteiger partial charge in [0.2, 0.25) is 0 Å². The van der Waals surface area contributed by atoms with Crippen molar-refractivity contribution >= 4 is 12.4 Å². The summed E-state index contributed by atoms with van der Waals surface area (Å²) in [6, 6.07) is 18.3. The number of nitrogens with two attached hydrogens (primary N) is 1. The third-order valence-electron chi connectivity index (χ3n) is 2.96. The molecule has 0 amide bonds. The molecule has 3 heteroatoms. The van der Waals surface area contributed by atoms with Crippen molar-refractivity contribution in [3.8, 4) is 5.75 Å². The summed E-state index contributed by atoms with van der Waals surface area (Å²) in [5.41, 5.74) is 8.00. The maximum absolute atomic E-state index is 6.09. The SMILES string of the molecule is C.Cc1ccccc1OC(CCN)c1ccccc1.Cl. The zero-order valence-electron chi connectivity index (χ0n) is 11.1. The molecule has 0 aromatic heterocycles. The zero-order chi connectivity index (χ0) is 12.8. The van der Waals surface area contributed by atoms with E-state index in [0.29, 0.717) is 6.54 Å². The smallest absolute Gasteiger partial charge is 0.125 e. The number of halogens is 1. The molecule has 0 fully saturated rings. The quantitative estimate of drug-likeness (QED) is 0.879. The number of rotatable bonds is 5. The lowest BCUT2D eigenvalue weighted by atomic mass is 10.1. The fourth-order valence-electron chi connectivity index (χ4n) is 1.95. The Morgan fingerprint density at radius 1 is 1.00 bits per heavy atom. The van der Waals surface area contributed by atoms with E-state index < -0.39 is 0 Å². The van der Waals surface area contributed by atoms with Gasteiger partial charge in [-0.15, -0.1) is 12.4 Å². The van der Waals surface area contributed by atoms with Crippen LogP contribution in [0.4, 0.5) is 0 Å². The lowest BCUT2D eigenvalue weighted by Gasteiger charge is -2.20. The van der Waals surface area contributed by atoms with Crippen molar-refractivity contribution in [1.29, 1.82) is 0 Å². The number of hydrogen-bond acceptors (Lipinski definition) is 2. The van der Waals surface area contributed by atoms with Crippen molar-refractivity contribution in [1.82, 2.24) is 0 Å². The number of benzene rings is 2. The van der Waals surface area contributed by atoms with Gasteiger partial charge < -0.3 is 10.5 Å². The van der Waals surface area contributed by atoms with Crippen molar-refractivity contribution in [3.63, 3.8) is 0 Å². The highest BCUT2D eigenvalue weighted by molar-refractivity contribution is 5.85. The predicted molar refractivity (Wildman–Crippen MR) is 88.6 cm³/mol. The summed E-state index contributed by atoms with van der Waals surface area (Å²) in [5.74, 6) is 0.930. The van der Waals surface area contributed by atoms with E-state index in [9.17, 15) is 0 Å². The molecule has 2 N–H and O–H groups in total. The highest BCUT2D eigenvalue weighted by atomic mass is 35.5. The summed E-state index contributed by atoms with van der Waals surface area (Å²) < 4.78 is 6.09. The molecule has 20 heavy (non-hydrogen) atoms. The first-order chi connectivity index (χ1) is 8.81. The van der Waals surface area contributed by atoms with Crippen LogP contribution in [0.15, 0.2) is 54.6 Å². The summed E-state index contributed by atoms with van der Waals surface area (Å²) in [6.07, 6.45) is 0.843. The molecule has 0 bridgehead atoms. The first-order valence-corrected chi connectivity index (χ1v) is 6.28. The Bertz CT molecular complexity index is 487. The molecule has 0 aliphatic carbocycles. The topological polar surface area (TPSA) is 35.2 Å². The zero-order valence-corrected chi connectivity index (χ0v) is 11.9. The number of para-hydroxylation sites is 1. The van der Waals surface area contributed by atoms with Gasteiger partial charge >= 0.3 is 0 Å². The van der Waals surface area contributed by atoms with Crippen LogP contribution < -0.4 is 10.5 Å². The van der Waals surface area contributed by atoms with Crippen LogP contribution in [0, 0.1) is 6.92 Å². The van der Waals surface area contributed by atoms with Crippen molar-refractivity contribution in [2.75, 3.05) is 6.54 Å². The third-order valence-corrected chi connectivity index (χ3v) is 2.96. The van der Waals surface area contributed by atoms with Gasteiger partial charge in [-0.1, -0.05) is 56.0 Å². The van der Waals surface area contributed by atoms with Gasteiger partial charge in [-0.2, -0.15) is 0 Å². The number of aryl methyl sites for hydroxylation is 1. The molecule has 0 heterocycles. The van der Waals surface area contributed by atoms with Crippen LogP contribution in [0.1, 0.15) is 31.1 Å². The number of hydrogen-bond donors (Lipinski definition) is 1. The summed E-state index contributed by atoms with van der Waals surface area (Å²) >= 11 is 0. The average molecular weight is 294 g/mol. The van der Waals surface area contributed by atoms with Crippen molar-refractivity contribution in [2.45, 2.75) is 26.9 Å². The normalized spacial score (nSPS) is 10.9. The van der Waals surface area contributed by atoms with Crippen LogP contribution in [-0.2, 0) is 0 Å². The first kappa shape index (κ1) is 18.5. The average Bonchev–Trinajstić information content (AvgIpc) is 2.42. The Morgan fingerprint density at radius 2 is 1.60 bits per heavy atom. The van der Waals surface area contributed by atoms with Crippen LogP contribution in [0.2, 0.25) is 0 Å². The second-order valence-electron chi connectivity index (χ2n) is 4.36. The number of ether oxygens (including phenoxy) is 1. The second kappa shape index (κ2) is 9.40. The van der Waals surface area contributed by atoms with Gasteiger partial charge in [0.05, 0.1) is 0 Å². The molecule has 2 aromatic rings. The molecule has 1 atom stereocenters. The van der Waals surface area contributed by atoms with Gasteiger partial charge in [0.25, 0.3) is 0 Å². The Morgan fingerprint density at radius 3 is 2.20 bits per heavy atom. The van der Waals surface area contributed by atoms with E-state index in [2.05, 4.69) is 25.1 Å². The Labute approximate surface area is 128 Å². The van der Waals surface area contributed by atoms with Crippen LogP contribution >= 0.6 is 12.4 Å². The van der Waals surface area contributed by atoms with Gasteiger partial charge in [0, 0.05) is 6.42 Å². The van der Waals surface area contributed by atoms with E-state index >= 15 is 0 Å². The van der Waals surface area contributed by atoms with Crippen LogP contribution in [0.5, 0.6) is 5.75 Å². The molecule has 0 saturated heterocycles. The van der Waals surface area contributed by atoms with Gasteiger partial charge in [0.1, 0.15) is 11.9 Å². The van der Waals surface area contributed by atoms with Gasteiger partial charge in [0.15, 0.2) is 0 Å². The largest absolute Gasteiger partial charge is 0.485 e. The Balaban J connectivity index is 0.00000180. The molecular formula is C17H24ClNO. The fraction of sp³-hybridized carbons (Fsp3) is 0.294. The maximum Gasteiger partial charge on any atom is 0.125 e. The third kappa shape index (κ3) is 4.87. The van der Waals surface area contributed by atoms with E-state index in [1.54, 1.807) is 0 Å². The van der Waals surface area contributed by atoms with E-state index in [-0.39, 0.29) is 25.9 Å². The highest BCUT2D eigenvalue weighted by Gasteiger charge is 2.13. The molecule has 1 unspecified atom stereocenters. The van der Waals surface area contributed by atoms with Crippen molar-refractivity contribution < 1.29 is 4.74 Å². The van der Waals surface area contributed by atoms with Crippen LogP contribution in [0.25, 0.3) is 0 Å². The minimum atomic E-state index is 0. The molecular weight excluding hydrogens is 270 g/mol. The summed E-state index contributed by atoms with van der Waals surface area (Å²) in [5, 5.41) is 0. The van der Waals surface area contributed by atoms with Gasteiger partial charge in [-0.3, -0.25) is 0 Å². The minimum Gasteiger partial charge on any atom is -0.485 e. The molecule has 0 radical (unpaired) electrons. The molecule has 0 aliphatic rings. The minimum absolute atomic E-state index is 0. The van der Waals surface area contributed by atoms with E-state index in [1.807, 2.05) is 36.4 Å². The molecule has 0 spiro atoms. The van der Waals surface area contributed by atoms with E-state index in [0.717, 1.165) is 17.7 Å². The van der Waals surface area contributed by atoms with Crippen molar-refractivity contribution in [2.24, 2.45) is 5.73 Å². The summed E-state index contributed by atoms with van der Waals surface area (Å²) in [7, 11) is 0. The van der Waals surface area contributed by atoms with Crippen LogP contribution in [-0.4, -0.2) is 6.54 Å². The summed E-state index contributed by atoms with van der Waals surface area (Å²) in [4.78, 5) is 0. The maximum atomic E-state index is 6.09. The second-order valence-corrected chi connectivity index (χ2v) is 4.36. The standard InChI is InChI=1S/C16H19NO.CH4.ClH/c1-13-7-5-6-10-15(13)18-16(11-12-17)14-8-3-2-4-9-14;;/h2-10,16H,11-12,17H2,1H3;1H4;1H. The van der Waals surface area contributed by atoms with E-state index in [4.69, 9.17) is 10.5 Å². The molecule has 2 rings (SSSR count). The van der Waals surface area contributed by atoms with Gasteiger partial charge in [-0.25, -0.2) is 0 Å². The van der Waals surface area contributed by atoms with Crippen molar-refractivity contribution in [3.05, 3.63) is 65.7 Å². The fourth-order valence-corrected chi connectivity index (χ4v) is 1.95. The molecule has 0 saturated carbocycles. The highest BCUT2D eigenvalue weighted by Crippen LogP contribution is 2.26. The Kier molecular flexibility index (Phi) is 8.69. The monoisotopic (exact) mass is 293 g/mol. The molecule has 0 aliphatic heterocycles. The first-order valence-electron chi connectivity index (χ1n) is 6.28.